The van der Waals surface area contributed by atoms with Crippen molar-refractivity contribution in [2.24, 2.45) is 5.10 Å². The second-order valence-corrected chi connectivity index (χ2v) is 4.45. The molecular weight excluding hydrogens is 258 g/mol. The molecule has 2 rings (SSSR count). The number of rotatable bonds is 5. The predicted molar refractivity (Wildman–Crippen MR) is 74.5 cm³/mol. The van der Waals surface area contributed by atoms with Crippen LogP contribution in [0.4, 0.5) is 0 Å². The molecule has 6 heteroatoms. The van der Waals surface area contributed by atoms with E-state index in [1.165, 1.54) is 0 Å². The molecule has 2 N–H and O–H groups in total. The number of amides is 2. The van der Waals surface area contributed by atoms with E-state index >= 15 is 0 Å². The molecule has 1 aromatic rings. The highest BCUT2D eigenvalue weighted by Gasteiger charge is 2.17. The first-order valence-corrected chi connectivity index (χ1v) is 6.45. The molecule has 1 heterocycles. The van der Waals surface area contributed by atoms with E-state index in [1.54, 1.807) is 7.11 Å². The van der Waals surface area contributed by atoms with Crippen LogP contribution in [0, 0.1) is 0 Å². The minimum atomic E-state index is -0.224. The van der Waals surface area contributed by atoms with Crippen LogP contribution >= 0.6 is 0 Å². The SMILES string of the molecule is COc1ccc(CCNC(=O)C2=NNC(=O)CC2)cc1. The molecule has 1 aromatic carbocycles. The normalized spacial score (nSPS) is 14.2. The zero-order valence-corrected chi connectivity index (χ0v) is 11.3. The molecule has 0 fully saturated rings. The third-order valence-electron chi connectivity index (χ3n) is 3.02. The lowest BCUT2D eigenvalue weighted by molar-refractivity contribution is -0.121. The molecule has 0 saturated heterocycles. The maximum absolute atomic E-state index is 11.8. The second-order valence-electron chi connectivity index (χ2n) is 4.45. The molecule has 0 saturated carbocycles. The van der Waals surface area contributed by atoms with Gasteiger partial charge in [0.2, 0.25) is 5.91 Å². The van der Waals surface area contributed by atoms with Crippen LogP contribution in [0.2, 0.25) is 0 Å². The third kappa shape index (κ3) is 3.81. The van der Waals surface area contributed by atoms with Gasteiger partial charge >= 0.3 is 0 Å². The maximum Gasteiger partial charge on any atom is 0.267 e. The number of carbonyl (C=O) groups is 2. The fourth-order valence-corrected chi connectivity index (χ4v) is 1.85. The van der Waals surface area contributed by atoms with Gasteiger partial charge in [-0.15, -0.1) is 0 Å². The van der Waals surface area contributed by atoms with Crippen molar-refractivity contribution in [3.63, 3.8) is 0 Å². The van der Waals surface area contributed by atoms with E-state index in [1.807, 2.05) is 24.3 Å². The Labute approximate surface area is 117 Å². The Morgan fingerprint density at radius 3 is 2.70 bits per heavy atom. The molecule has 0 atom stereocenters. The molecule has 2 amide bonds. The van der Waals surface area contributed by atoms with Crippen molar-refractivity contribution in [2.75, 3.05) is 13.7 Å². The average Bonchev–Trinajstić information content (AvgIpc) is 2.48. The van der Waals surface area contributed by atoms with Crippen LogP contribution in [-0.4, -0.2) is 31.2 Å². The highest BCUT2D eigenvalue weighted by molar-refractivity contribution is 6.39. The Hall–Kier alpha value is -2.37. The Kier molecular flexibility index (Phi) is 4.70. The number of nitrogens with one attached hydrogen (secondary N) is 2. The minimum Gasteiger partial charge on any atom is -0.497 e. The van der Waals surface area contributed by atoms with E-state index in [2.05, 4.69) is 15.8 Å². The molecular formula is C14H17N3O3. The topological polar surface area (TPSA) is 79.8 Å². The smallest absolute Gasteiger partial charge is 0.267 e. The van der Waals surface area contributed by atoms with Crippen molar-refractivity contribution in [1.82, 2.24) is 10.7 Å². The number of nitrogens with zero attached hydrogens (tertiary/aromatic N) is 1. The van der Waals surface area contributed by atoms with Gasteiger partial charge in [0.1, 0.15) is 11.5 Å². The maximum atomic E-state index is 11.8. The van der Waals surface area contributed by atoms with E-state index in [-0.39, 0.29) is 11.8 Å². The number of hydrazone groups is 1. The van der Waals surface area contributed by atoms with Crippen molar-refractivity contribution in [1.29, 1.82) is 0 Å². The molecule has 0 aromatic heterocycles. The quantitative estimate of drug-likeness (QED) is 0.826. The van der Waals surface area contributed by atoms with Gasteiger partial charge in [0.15, 0.2) is 0 Å². The standard InChI is InChI=1S/C14H17N3O3/c1-20-11-4-2-10(3-5-11)8-9-15-14(19)12-6-7-13(18)17-16-12/h2-5H,6-9H2,1H3,(H,15,19)(H,17,18). The van der Waals surface area contributed by atoms with Gasteiger partial charge in [-0.25, -0.2) is 5.43 Å². The van der Waals surface area contributed by atoms with E-state index in [9.17, 15) is 9.59 Å². The van der Waals surface area contributed by atoms with Crippen molar-refractivity contribution in [3.8, 4) is 5.75 Å². The molecule has 0 bridgehead atoms. The molecule has 0 unspecified atom stereocenters. The molecule has 0 radical (unpaired) electrons. The fourth-order valence-electron chi connectivity index (χ4n) is 1.85. The van der Waals surface area contributed by atoms with Crippen molar-refractivity contribution < 1.29 is 14.3 Å². The molecule has 0 aliphatic carbocycles. The molecule has 0 spiro atoms. The summed E-state index contributed by atoms with van der Waals surface area (Å²) in [5, 5.41) is 6.54. The summed E-state index contributed by atoms with van der Waals surface area (Å²) in [4.78, 5) is 22.7. The summed E-state index contributed by atoms with van der Waals surface area (Å²) in [6.45, 7) is 0.526. The van der Waals surface area contributed by atoms with Crippen LogP contribution in [0.25, 0.3) is 0 Å². The van der Waals surface area contributed by atoms with E-state index in [4.69, 9.17) is 4.74 Å². The monoisotopic (exact) mass is 275 g/mol. The number of benzene rings is 1. The summed E-state index contributed by atoms with van der Waals surface area (Å²) in [6.07, 6.45) is 1.43. The number of hydrogen-bond donors (Lipinski definition) is 2. The summed E-state index contributed by atoms with van der Waals surface area (Å²) < 4.78 is 5.08. The number of ether oxygens (including phenoxy) is 1. The van der Waals surface area contributed by atoms with Gasteiger partial charge in [0, 0.05) is 19.4 Å². The Morgan fingerprint density at radius 2 is 2.10 bits per heavy atom. The molecule has 106 valence electrons. The summed E-state index contributed by atoms with van der Waals surface area (Å²) in [5.74, 6) is 0.434. The lowest BCUT2D eigenvalue weighted by Crippen LogP contribution is -2.37. The summed E-state index contributed by atoms with van der Waals surface area (Å²) in [7, 11) is 1.62. The lowest BCUT2D eigenvalue weighted by atomic mass is 10.1. The van der Waals surface area contributed by atoms with Crippen molar-refractivity contribution in [3.05, 3.63) is 29.8 Å². The molecule has 6 nitrogen and oxygen atoms in total. The van der Waals surface area contributed by atoms with Gasteiger partial charge < -0.3 is 10.1 Å². The van der Waals surface area contributed by atoms with Crippen LogP contribution in [-0.2, 0) is 16.0 Å². The van der Waals surface area contributed by atoms with E-state index < -0.39 is 0 Å². The number of methoxy groups -OCH3 is 1. The Balaban J connectivity index is 1.77. The molecule has 20 heavy (non-hydrogen) atoms. The first-order valence-electron chi connectivity index (χ1n) is 6.45. The first-order chi connectivity index (χ1) is 9.69. The van der Waals surface area contributed by atoms with Crippen LogP contribution in [0.5, 0.6) is 5.75 Å². The summed E-state index contributed by atoms with van der Waals surface area (Å²) >= 11 is 0. The Bertz CT molecular complexity index is 523. The van der Waals surface area contributed by atoms with E-state index in [0.29, 0.717) is 25.1 Å². The summed E-state index contributed by atoms with van der Waals surface area (Å²) in [6, 6.07) is 7.70. The fraction of sp³-hybridized carbons (Fsp3) is 0.357. The zero-order valence-electron chi connectivity index (χ0n) is 11.3. The number of hydrogen-bond acceptors (Lipinski definition) is 4. The van der Waals surface area contributed by atoms with Gasteiger partial charge in [0.05, 0.1) is 7.11 Å². The van der Waals surface area contributed by atoms with Crippen LogP contribution in [0.15, 0.2) is 29.4 Å². The molecule has 1 aliphatic heterocycles. The van der Waals surface area contributed by atoms with Gasteiger partial charge in [0.25, 0.3) is 5.91 Å². The average molecular weight is 275 g/mol. The highest BCUT2D eigenvalue weighted by Crippen LogP contribution is 2.11. The van der Waals surface area contributed by atoms with Gasteiger partial charge in [-0.2, -0.15) is 5.10 Å². The van der Waals surface area contributed by atoms with Crippen molar-refractivity contribution >= 4 is 17.5 Å². The molecule has 1 aliphatic rings. The largest absolute Gasteiger partial charge is 0.497 e. The van der Waals surface area contributed by atoms with Gasteiger partial charge in [-0.1, -0.05) is 12.1 Å². The van der Waals surface area contributed by atoms with Crippen LogP contribution in [0.1, 0.15) is 18.4 Å². The van der Waals surface area contributed by atoms with E-state index in [0.717, 1.165) is 17.7 Å². The first kappa shape index (κ1) is 14.0. The number of carbonyl (C=O) groups excluding carboxylic acids is 2. The highest BCUT2D eigenvalue weighted by atomic mass is 16.5. The van der Waals surface area contributed by atoms with Gasteiger partial charge in [-0.3, -0.25) is 9.59 Å². The van der Waals surface area contributed by atoms with Crippen molar-refractivity contribution in [2.45, 2.75) is 19.3 Å². The summed E-state index contributed by atoms with van der Waals surface area (Å²) in [5.41, 5.74) is 3.80. The third-order valence-corrected chi connectivity index (χ3v) is 3.02. The Morgan fingerprint density at radius 1 is 1.35 bits per heavy atom. The zero-order chi connectivity index (χ0) is 14.4. The predicted octanol–water partition coefficient (Wildman–Crippen LogP) is 0.620. The minimum absolute atomic E-state index is 0.153. The van der Waals surface area contributed by atoms with Gasteiger partial charge in [-0.05, 0) is 24.1 Å². The second kappa shape index (κ2) is 6.70. The van der Waals surface area contributed by atoms with Crippen LogP contribution < -0.4 is 15.5 Å². The lowest BCUT2D eigenvalue weighted by Gasteiger charge is -2.12. The van der Waals surface area contributed by atoms with Crippen LogP contribution in [0.3, 0.4) is 0 Å².